The number of fused-ring (bicyclic) bond motifs is 1. The second-order valence-corrected chi connectivity index (χ2v) is 7.47. The topological polar surface area (TPSA) is 46.8 Å². The fourth-order valence-corrected chi connectivity index (χ4v) is 4.05. The second kappa shape index (κ2) is 8.52. The van der Waals surface area contributed by atoms with E-state index >= 15 is 0 Å². The molecule has 3 heterocycles. The number of hydrogen-bond donors (Lipinski definition) is 0. The maximum Gasteiger partial charge on any atom is 0.246 e. The van der Waals surface area contributed by atoms with Crippen LogP contribution in [0.4, 0.5) is 0 Å². The Balaban J connectivity index is 1.59. The molecule has 1 aliphatic rings. The number of methoxy groups -OCH3 is 1. The van der Waals surface area contributed by atoms with Crippen LogP contribution in [0.1, 0.15) is 38.2 Å². The van der Waals surface area contributed by atoms with E-state index in [1.807, 2.05) is 58.1 Å². The lowest BCUT2D eigenvalue weighted by molar-refractivity contribution is -0.129. The average molecular weight is 389 g/mol. The smallest absolute Gasteiger partial charge is 0.246 e. The molecule has 150 valence electrons. The number of pyridine rings is 1. The Kier molecular flexibility index (Phi) is 5.65. The number of piperidine rings is 1. The lowest BCUT2D eigenvalue weighted by Crippen LogP contribution is -2.42. The van der Waals surface area contributed by atoms with Crippen molar-refractivity contribution in [3.05, 3.63) is 60.3 Å². The quantitative estimate of drug-likeness (QED) is 0.588. The predicted octanol–water partition coefficient (Wildman–Crippen LogP) is 4.81. The molecule has 1 aromatic carbocycles. The molecule has 0 spiro atoms. The van der Waals surface area contributed by atoms with E-state index in [2.05, 4.69) is 18.1 Å². The van der Waals surface area contributed by atoms with Gasteiger partial charge in [0.05, 0.1) is 18.3 Å². The van der Waals surface area contributed by atoms with Crippen LogP contribution in [0.5, 0.6) is 5.75 Å². The third-order valence-electron chi connectivity index (χ3n) is 5.71. The molecule has 1 aliphatic heterocycles. The molecule has 3 aromatic rings. The van der Waals surface area contributed by atoms with Crippen LogP contribution in [-0.2, 0) is 4.79 Å². The molecule has 5 nitrogen and oxygen atoms in total. The van der Waals surface area contributed by atoms with Gasteiger partial charge in [-0.3, -0.25) is 4.79 Å². The zero-order valence-electron chi connectivity index (χ0n) is 17.0. The minimum atomic E-state index is 0.105. The number of carbonyl (C=O) groups excluding carboxylic acids is 1. The van der Waals surface area contributed by atoms with Crippen molar-refractivity contribution in [2.24, 2.45) is 0 Å². The van der Waals surface area contributed by atoms with Gasteiger partial charge in [-0.15, -0.1) is 0 Å². The summed E-state index contributed by atoms with van der Waals surface area (Å²) in [6.07, 6.45) is 10.00. The zero-order chi connectivity index (χ0) is 20.2. The molecule has 1 atom stereocenters. The molecular weight excluding hydrogens is 362 g/mol. The number of hydrogen-bond acceptors (Lipinski definition) is 3. The van der Waals surface area contributed by atoms with Gasteiger partial charge in [0.25, 0.3) is 0 Å². The molecule has 0 bridgehead atoms. The first kappa shape index (κ1) is 19.2. The molecule has 0 aliphatic carbocycles. The summed E-state index contributed by atoms with van der Waals surface area (Å²) in [5.41, 5.74) is 3.88. The standard InChI is InChI=1S/C24H27N3O2/c1-3-20-8-4-5-15-26(20)24(28)14-11-19-7-6-16-27-23(19)17-22(25-27)18-9-12-21(29-2)13-10-18/h6-7,9-14,16-17,20H,3-5,8,15H2,1-2H3. The number of amides is 1. The summed E-state index contributed by atoms with van der Waals surface area (Å²) < 4.78 is 7.09. The molecular formula is C24H27N3O2. The van der Waals surface area contributed by atoms with Crippen molar-refractivity contribution in [3.63, 3.8) is 0 Å². The summed E-state index contributed by atoms with van der Waals surface area (Å²) >= 11 is 0. The van der Waals surface area contributed by atoms with E-state index in [-0.39, 0.29) is 5.91 Å². The lowest BCUT2D eigenvalue weighted by atomic mass is 10.00. The van der Waals surface area contributed by atoms with E-state index in [9.17, 15) is 4.79 Å². The largest absolute Gasteiger partial charge is 0.497 e. The summed E-state index contributed by atoms with van der Waals surface area (Å²) in [5.74, 6) is 0.927. The van der Waals surface area contributed by atoms with Crippen molar-refractivity contribution in [2.75, 3.05) is 13.7 Å². The minimum Gasteiger partial charge on any atom is -0.497 e. The van der Waals surface area contributed by atoms with Crippen molar-refractivity contribution in [2.45, 2.75) is 38.6 Å². The molecule has 0 N–H and O–H groups in total. The first-order valence-electron chi connectivity index (χ1n) is 10.3. The van der Waals surface area contributed by atoms with E-state index in [0.29, 0.717) is 6.04 Å². The molecule has 1 unspecified atom stereocenters. The van der Waals surface area contributed by atoms with E-state index in [1.165, 1.54) is 6.42 Å². The Morgan fingerprint density at radius 2 is 2.07 bits per heavy atom. The summed E-state index contributed by atoms with van der Waals surface area (Å²) in [6.45, 7) is 3.02. The van der Waals surface area contributed by atoms with E-state index in [4.69, 9.17) is 4.74 Å². The van der Waals surface area contributed by atoms with Crippen molar-refractivity contribution in [3.8, 4) is 17.0 Å². The number of rotatable bonds is 5. The first-order valence-corrected chi connectivity index (χ1v) is 10.3. The first-order chi connectivity index (χ1) is 14.2. The highest BCUT2D eigenvalue weighted by molar-refractivity contribution is 5.93. The van der Waals surface area contributed by atoms with Crippen LogP contribution in [-0.4, -0.2) is 40.1 Å². The zero-order valence-corrected chi connectivity index (χ0v) is 17.0. The van der Waals surface area contributed by atoms with Gasteiger partial charge in [-0.25, -0.2) is 4.52 Å². The van der Waals surface area contributed by atoms with Crippen LogP contribution in [0.15, 0.2) is 54.7 Å². The Hall–Kier alpha value is -3.08. The number of carbonyl (C=O) groups is 1. The van der Waals surface area contributed by atoms with Crippen LogP contribution in [0.2, 0.25) is 0 Å². The number of aromatic nitrogens is 2. The highest BCUT2D eigenvalue weighted by atomic mass is 16.5. The molecule has 1 amide bonds. The van der Waals surface area contributed by atoms with Crippen LogP contribution < -0.4 is 4.74 Å². The molecule has 0 radical (unpaired) electrons. The lowest BCUT2D eigenvalue weighted by Gasteiger charge is -2.34. The Morgan fingerprint density at radius 3 is 2.83 bits per heavy atom. The third-order valence-corrected chi connectivity index (χ3v) is 5.71. The second-order valence-electron chi connectivity index (χ2n) is 7.47. The molecule has 1 fully saturated rings. The monoisotopic (exact) mass is 389 g/mol. The highest BCUT2D eigenvalue weighted by Crippen LogP contribution is 2.25. The van der Waals surface area contributed by atoms with Gasteiger partial charge >= 0.3 is 0 Å². The van der Waals surface area contributed by atoms with Crippen molar-refractivity contribution < 1.29 is 9.53 Å². The van der Waals surface area contributed by atoms with E-state index in [0.717, 1.165) is 53.9 Å². The molecule has 4 rings (SSSR count). The molecule has 1 saturated heterocycles. The number of benzene rings is 1. The van der Waals surface area contributed by atoms with Crippen molar-refractivity contribution in [1.82, 2.24) is 14.5 Å². The van der Waals surface area contributed by atoms with Gasteiger partial charge in [0, 0.05) is 36.0 Å². The average Bonchev–Trinajstić information content (AvgIpc) is 3.22. The Labute approximate surface area is 171 Å². The van der Waals surface area contributed by atoms with Gasteiger partial charge in [-0.2, -0.15) is 5.10 Å². The number of ether oxygens (including phenoxy) is 1. The summed E-state index contributed by atoms with van der Waals surface area (Å²) in [7, 11) is 1.66. The Bertz CT molecular complexity index is 1020. The van der Waals surface area contributed by atoms with Gasteiger partial charge in [0.1, 0.15) is 5.75 Å². The van der Waals surface area contributed by atoms with Crippen LogP contribution in [0.3, 0.4) is 0 Å². The molecule has 29 heavy (non-hydrogen) atoms. The normalized spacial score (nSPS) is 17.2. The Morgan fingerprint density at radius 1 is 1.24 bits per heavy atom. The maximum absolute atomic E-state index is 12.8. The summed E-state index contributed by atoms with van der Waals surface area (Å²) in [4.78, 5) is 14.8. The molecule has 0 saturated carbocycles. The molecule has 5 heteroatoms. The summed E-state index contributed by atoms with van der Waals surface area (Å²) in [5, 5.41) is 4.69. The van der Waals surface area contributed by atoms with Crippen molar-refractivity contribution >= 4 is 17.5 Å². The maximum atomic E-state index is 12.8. The fraction of sp³-hybridized carbons (Fsp3) is 0.333. The van der Waals surface area contributed by atoms with Gasteiger partial charge in [-0.05, 0) is 68.2 Å². The van der Waals surface area contributed by atoms with Crippen molar-refractivity contribution in [1.29, 1.82) is 0 Å². The van der Waals surface area contributed by atoms with Gasteiger partial charge < -0.3 is 9.64 Å². The predicted molar refractivity (Wildman–Crippen MR) is 116 cm³/mol. The van der Waals surface area contributed by atoms with Gasteiger partial charge in [0.2, 0.25) is 5.91 Å². The number of nitrogens with zero attached hydrogens (tertiary/aromatic N) is 3. The van der Waals surface area contributed by atoms with E-state index < -0.39 is 0 Å². The fourth-order valence-electron chi connectivity index (χ4n) is 4.05. The van der Waals surface area contributed by atoms with Gasteiger partial charge in [-0.1, -0.05) is 13.0 Å². The summed E-state index contributed by atoms with van der Waals surface area (Å²) in [6, 6.07) is 14.3. The third kappa shape index (κ3) is 4.04. The highest BCUT2D eigenvalue weighted by Gasteiger charge is 2.23. The number of likely N-dealkylation sites (tertiary alicyclic amines) is 1. The van der Waals surface area contributed by atoms with E-state index in [1.54, 1.807) is 13.2 Å². The van der Waals surface area contributed by atoms with Gasteiger partial charge in [0.15, 0.2) is 0 Å². The molecule has 2 aromatic heterocycles. The minimum absolute atomic E-state index is 0.105. The van der Waals surface area contributed by atoms with Crippen LogP contribution in [0, 0.1) is 0 Å². The SMILES string of the molecule is CCC1CCCCN1C(=O)C=Cc1cccn2nc(-c3ccc(OC)cc3)cc12. The van der Waals surface area contributed by atoms with Crippen LogP contribution in [0.25, 0.3) is 22.9 Å². The van der Waals surface area contributed by atoms with Crippen LogP contribution >= 0.6 is 0 Å².